The van der Waals surface area contributed by atoms with Gasteiger partial charge in [-0.2, -0.15) is 0 Å². The molecular weight excluding hydrogens is 138 g/mol. The van der Waals surface area contributed by atoms with Gasteiger partial charge in [0.25, 0.3) is 0 Å². The van der Waals surface area contributed by atoms with Crippen LogP contribution in [-0.4, -0.2) is 24.5 Å². The van der Waals surface area contributed by atoms with Crippen molar-refractivity contribution in [1.29, 1.82) is 0 Å². The van der Waals surface area contributed by atoms with E-state index in [9.17, 15) is 0 Å². The molecule has 1 fully saturated rings. The van der Waals surface area contributed by atoms with Crippen molar-refractivity contribution in [2.75, 3.05) is 14.1 Å². The quantitative estimate of drug-likeness (QED) is 0.437. The standard InChI is InChI=1S/C8H17N.H4N2/c1-8(9(2)3)6-4-5-7-8;1-2/h4-7H2,1-3H3;1-2H2. The van der Waals surface area contributed by atoms with E-state index in [4.69, 9.17) is 0 Å². The summed E-state index contributed by atoms with van der Waals surface area (Å²) in [6.45, 7) is 2.36. The number of hydrogen-bond acceptors (Lipinski definition) is 3. The lowest BCUT2D eigenvalue weighted by molar-refractivity contribution is 0.180. The van der Waals surface area contributed by atoms with E-state index in [-0.39, 0.29) is 0 Å². The molecule has 0 amide bonds. The van der Waals surface area contributed by atoms with E-state index >= 15 is 0 Å². The van der Waals surface area contributed by atoms with Crippen LogP contribution in [-0.2, 0) is 0 Å². The van der Waals surface area contributed by atoms with Gasteiger partial charge in [-0.3, -0.25) is 11.7 Å². The SMILES string of the molecule is CN(C)C1(C)CCCC1.NN. The molecule has 0 aromatic carbocycles. The lowest BCUT2D eigenvalue weighted by Crippen LogP contribution is -2.37. The number of nitrogens with two attached hydrogens (primary N) is 2. The third-order valence-corrected chi connectivity index (χ3v) is 2.76. The summed E-state index contributed by atoms with van der Waals surface area (Å²) in [5.41, 5.74) is 0.528. The van der Waals surface area contributed by atoms with Crippen LogP contribution >= 0.6 is 0 Å². The molecule has 3 nitrogen and oxygen atoms in total. The van der Waals surface area contributed by atoms with Crippen molar-refractivity contribution in [3.8, 4) is 0 Å². The highest BCUT2D eigenvalue weighted by Crippen LogP contribution is 2.32. The minimum Gasteiger partial charge on any atom is -0.304 e. The average Bonchev–Trinajstić information content (AvgIpc) is 2.42. The molecule has 1 rings (SSSR count). The summed E-state index contributed by atoms with van der Waals surface area (Å²) in [5, 5.41) is 0. The molecule has 1 saturated carbocycles. The second-order valence-electron chi connectivity index (χ2n) is 3.60. The molecule has 0 aliphatic heterocycles. The molecule has 0 atom stereocenters. The van der Waals surface area contributed by atoms with E-state index < -0.39 is 0 Å². The van der Waals surface area contributed by atoms with Gasteiger partial charge in [-0.05, 0) is 33.9 Å². The maximum absolute atomic E-state index is 4.00. The lowest BCUT2D eigenvalue weighted by atomic mass is 10.00. The Bertz CT molecular complexity index is 95.5. The van der Waals surface area contributed by atoms with Gasteiger partial charge in [-0.1, -0.05) is 12.8 Å². The van der Waals surface area contributed by atoms with Gasteiger partial charge in [0.15, 0.2) is 0 Å². The third kappa shape index (κ3) is 2.77. The summed E-state index contributed by atoms with van der Waals surface area (Å²) in [4.78, 5) is 2.36. The zero-order valence-corrected chi connectivity index (χ0v) is 7.93. The molecule has 1 aliphatic rings. The Hall–Kier alpha value is -0.120. The maximum atomic E-state index is 4.00. The molecule has 0 aromatic heterocycles. The topological polar surface area (TPSA) is 55.3 Å². The van der Waals surface area contributed by atoms with Gasteiger partial charge >= 0.3 is 0 Å². The van der Waals surface area contributed by atoms with E-state index in [0.29, 0.717) is 5.54 Å². The van der Waals surface area contributed by atoms with E-state index in [2.05, 4.69) is 37.6 Å². The Labute approximate surface area is 69.7 Å². The summed E-state index contributed by atoms with van der Waals surface area (Å²) in [7, 11) is 4.37. The van der Waals surface area contributed by atoms with Crippen molar-refractivity contribution < 1.29 is 0 Å². The number of hydrazine groups is 1. The first-order valence-corrected chi connectivity index (χ1v) is 4.16. The zero-order chi connectivity index (χ0) is 8.91. The smallest absolute Gasteiger partial charge is 0.0175 e. The van der Waals surface area contributed by atoms with Crippen molar-refractivity contribution in [1.82, 2.24) is 4.90 Å². The fourth-order valence-corrected chi connectivity index (χ4v) is 1.58. The maximum Gasteiger partial charge on any atom is 0.0175 e. The first kappa shape index (κ1) is 10.9. The number of nitrogens with zero attached hydrogens (tertiary/aromatic N) is 1. The molecule has 0 unspecified atom stereocenters. The van der Waals surface area contributed by atoms with Crippen molar-refractivity contribution in [3.63, 3.8) is 0 Å². The molecule has 0 heterocycles. The van der Waals surface area contributed by atoms with E-state index in [0.717, 1.165) is 0 Å². The average molecular weight is 159 g/mol. The van der Waals surface area contributed by atoms with Crippen LogP contribution in [0, 0.1) is 0 Å². The molecule has 0 bridgehead atoms. The van der Waals surface area contributed by atoms with Crippen LogP contribution in [0.4, 0.5) is 0 Å². The number of rotatable bonds is 1. The minimum absolute atomic E-state index is 0.528. The van der Waals surface area contributed by atoms with Crippen LogP contribution in [0.25, 0.3) is 0 Å². The number of hydrogen-bond donors (Lipinski definition) is 2. The minimum atomic E-state index is 0.528. The predicted molar refractivity (Wildman–Crippen MR) is 48.9 cm³/mol. The van der Waals surface area contributed by atoms with Crippen LogP contribution < -0.4 is 11.7 Å². The third-order valence-electron chi connectivity index (χ3n) is 2.76. The Morgan fingerprint density at radius 1 is 1.09 bits per heavy atom. The molecule has 0 saturated heterocycles. The molecule has 11 heavy (non-hydrogen) atoms. The van der Waals surface area contributed by atoms with Crippen molar-refractivity contribution in [3.05, 3.63) is 0 Å². The summed E-state index contributed by atoms with van der Waals surface area (Å²) in [5.74, 6) is 8.00. The summed E-state index contributed by atoms with van der Waals surface area (Å²) >= 11 is 0. The fraction of sp³-hybridized carbons (Fsp3) is 1.00. The van der Waals surface area contributed by atoms with E-state index in [1.54, 1.807) is 0 Å². The highest BCUT2D eigenvalue weighted by atomic mass is 15.1. The molecular formula is C8H21N3. The second kappa shape index (κ2) is 4.70. The normalized spacial score (nSPS) is 21.3. The van der Waals surface area contributed by atoms with Crippen LogP contribution in [0.15, 0.2) is 0 Å². The van der Waals surface area contributed by atoms with Crippen molar-refractivity contribution in [2.24, 2.45) is 11.7 Å². The van der Waals surface area contributed by atoms with Crippen LogP contribution in [0.1, 0.15) is 32.6 Å². The Kier molecular flexibility index (Phi) is 4.65. The van der Waals surface area contributed by atoms with Crippen LogP contribution in [0.2, 0.25) is 0 Å². The zero-order valence-electron chi connectivity index (χ0n) is 7.93. The molecule has 68 valence electrons. The van der Waals surface area contributed by atoms with Crippen LogP contribution in [0.3, 0.4) is 0 Å². The van der Waals surface area contributed by atoms with Crippen LogP contribution in [0.5, 0.6) is 0 Å². The van der Waals surface area contributed by atoms with Gasteiger partial charge in [0.05, 0.1) is 0 Å². The summed E-state index contributed by atoms with van der Waals surface area (Å²) < 4.78 is 0. The Morgan fingerprint density at radius 3 is 1.64 bits per heavy atom. The van der Waals surface area contributed by atoms with Crippen molar-refractivity contribution >= 4 is 0 Å². The predicted octanol–water partition coefficient (Wildman–Crippen LogP) is 0.700. The molecule has 3 heteroatoms. The van der Waals surface area contributed by atoms with Gasteiger partial charge < -0.3 is 4.90 Å². The Morgan fingerprint density at radius 2 is 1.45 bits per heavy atom. The largest absolute Gasteiger partial charge is 0.304 e. The lowest BCUT2D eigenvalue weighted by Gasteiger charge is -2.31. The van der Waals surface area contributed by atoms with Gasteiger partial charge in [0.2, 0.25) is 0 Å². The summed E-state index contributed by atoms with van der Waals surface area (Å²) in [6, 6.07) is 0. The summed E-state index contributed by atoms with van der Waals surface area (Å²) in [6.07, 6.45) is 5.63. The van der Waals surface area contributed by atoms with Gasteiger partial charge in [0.1, 0.15) is 0 Å². The Balaban J connectivity index is 0.000000461. The first-order valence-electron chi connectivity index (χ1n) is 4.16. The van der Waals surface area contributed by atoms with Gasteiger partial charge in [-0.15, -0.1) is 0 Å². The monoisotopic (exact) mass is 159 g/mol. The second-order valence-corrected chi connectivity index (χ2v) is 3.60. The fourth-order valence-electron chi connectivity index (χ4n) is 1.58. The van der Waals surface area contributed by atoms with Crippen molar-refractivity contribution in [2.45, 2.75) is 38.1 Å². The van der Waals surface area contributed by atoms with E-state index in [1.807, 2.05) is 0 Å². The molecule has 0 radical (unpaired) electrons. The highest BCUT2D eigenvalue weighted by molar-refractivity contribution is 4.87. The van der Waals surface area contributed by atoms with Gasteiger partial charge in [0, 0.05) is 5.54 Å². The molecule has 0 spiro atoms. The molecule has 0 aromatic rings. The highest BCUT2D eigenvalue weighted by Gasteiger charge is 2.29. The van der Waals surface area contributed by atoms with Gasteiger partial charge in [-0.25, -0.2) is 0 Å². The van der Waals surface area contributed by atoms with E-state index in [1.165, 1.54) is 25.7 Å². The molecule has 1 aliphatic carbocycles. The molecule has 4 N–H and O–H groups in total. The first-order chi connectivity index (χ1) is 5.15.